The van der Waals surface area contributed by atoms with Gasteiger partial charge in [-0.25, -0.2) is 9.97 Å². The Labute approximate surface area is 90.3 Å². The number of aromatic nitrogens is 2. The van der Waals surface area contributed by atoms with Crippen LogP contribution in [0.1, 0.15) is 5.82 Å². The van der Waals surface area contributed by atoms with Gasteiger partial charge in [0.15, 0.2) is 0 Å². The average molecular weight is 210 g/mol. The van der Waals surface area contributed by atoms with Gasteiger partial charge in [0.25, 0.3) is 0 Å². The molecule has 1 aromatic heterocycles. The zero-order valence-corrected chi connectivity index (χ0v) is 9.09. The lowest BCUT2D eigenvalue weighted by atomic mass is 10.4. The molecule has 0 unspecified atom stereocenters. The van der Waals surface area contributed by atoms with Gasteiger partial charge in [-0.15, -0.1) is 0 Å². The Morgan fingerprint density at radius 2 is 2.07 bits per heavy atom. The fraction of sp³-hybridized carbons (Fsp3) is 0.600. The molecule has 1 rings (SSSR count). The molecule has 0 saturated carbocycles. The summed E-state index contributed by atoms with van der Waals surface area (Å²) < 4.78 is 5.03. The van der Waals surface area contributed by atoms with Crippen LogP contribution >= 0.6 is 0 Å². The van der Waals surface area contributed by atoms with Crippen molar-refractivity contribution in [3.63, 3.8) is 0 Å². The summed E-state index contributed by atoms with van der Waals surface area (Å²) in [6, 6.07) is 1.81. The minimum absolute atomic E-state index is 0.635. The zero-order valence-electron chi connectivity index (χ0n) is 9.09. The molecular formula is C10H18N4O. The maximum absolute atomic E-state index is 5.53. The molecule has 0 aliphatic heterocycles. The summed E-state index contributed by atoms with van der Waals surface area (Å²) in [5, 5.41) is 0. The van der Waals surface area contributed by atoms with Crippen LogP contribution in [0.2, 0.25) is 0 Å². The van der Waals surface area contributed by atoms with Crippen molar-refractivity contribution in [1.82, 2.24) is 14.9 Å². The van der Waals surface area contributed by atoms with Crippen molar-refractivity contribution >= 4 is 0 Å². The summed E-state index contributed by atoms with van der Waals surface area (Å²) in [4.78, 5) is 10.5. The van der Waals surface area contributed by atoms with E-state index in [4.69, 9.17) is 10.5 Å². The molecule has 84 valence electrons. The molecule has 0 fully saturated rings. The van der Waals surface area contributed by atoms with Crippen molar-refractivity contribution in [2.75, 3.05) is 33.4 Å². The third-order valence-corrected chi connectivity index (χ3v) is 2.04. The van der Waals surface area contributed by atoms with Crippen molar-refractivity contribution in [2.45, 2.75) is 6.54 Å². The number of hydrogen-bond acceptors (Lipinski definition) is 5. The molecule has 0 amide bonds. The number of nitrogens with zero attached hydrogens (tertiary/aromatic N) is 3. The maximum atomic E-state index is 5.53. The third kappa shape index (κ3) is 4.83. The first kappa shape index (κ1) is 12.0. The van der Waals surface area contributed by atoms with E-state index in [1.165, 1.54) is 0 Å². The van der Waals surface area contributed by atoms with Gasteiger partial charge < -0.3 is 10.5 Å². The van der Waals surface area contributed by atoms with Crippen molar-refractivity contribution in [1.29, 1.82) is 0 Å². The fourth-order valence-electron chi connectivity index (χ4n) is 1.28. The van der Waals surface area contributed by atoms with Crippen LogP contribution in [-0.2, 0) is 11.3 Å². The molecule has 2 N–H and O–H groups in total. The van der Waals surface area contributed by atoms with Crippen LogP contribution in [0.3, 0.4) is 0 Å². The highest BCUT2D eigenvalue weighted by atomic mass is 16.5. The van der Waals surface area contributed by atoms with E-state index in [1.54, 1.807) is 19.5 Å². The lowest BCUT2D eigenvalue weighted by Crippen LogP contribution is -2.32. The van der Waals surface area contributed by atoms with E-state index in [2.05, 4.69) is 14.9 Å². The Kier molecular flexibility index (Phi) is 5.84. The zero-order chi connectivity index (χ0) is 10.9. The molecule has 1 heterocycles. The first-order valence-electron chi connectivity index (χ1n) is 5.04. The van der Waals surface area contributed by atoms with Crippen LogP contribution in [0.5, 0.6) is 0 Å². The summed E-state index contributed by atoms with van der Waals surface area (Å²) in [7, 11) is 1.69. The normalized spacial score (nSPS) is 10.9. The van der Waals surface area contributed by atoms with Crippen molar-refractivity contribution < 1.29 is 4.74 Å². The Hall–Kier alpha value is -1.04. The fourth-order valence-corrected chi connectivity index (χ4v) is 1.28. The average Bonchev–Trinajstić information content (AvgIpc) is 2.28. The second-order valence-corrected chi connectivity index (χ2v) is 3.22. The number of methoxy groups -OCH3 is 1. The minimum Gasteiger partial charge on any atom is -0.383 e. The highest BCUT2D eigenvalue weighted by molar-refractivity contribution is 4.88. The summed E-state index contributed by atoms with van der Waals surface area (Å²) in [5.41, 5.74) is 5.53. The van der Waals surface area contributed by atoms with Crippen molar-refractivity contribution in [3.8, 4) is 0 Å². The molecule has 0 saturated heterocycles. The molecule has 15 heavy (non-hydrogen) atoms. The second kappa shape index (κ2) is 7.28. The molecule has 0 radical (unpaired) electrons. The number of ether oxygens (including phenoxy) is 1. The largest absolute Gasteiger partial charge is 0.383 e. The van der Waals surface area contributed by atoms with E-state index in [0.717, 1.165) is 25.5 Å². The molecule has 0 bridgehead atoms. The summed E-state index contributed by atoms with van der Waals surface area (Å²) in [6.45, 7) is 3.75. The van der Waals surface area contributed by atoms with E-state index < -0.39 is 0 Å². The van der Waals surface area contributed by atoms with Gasteiger partial charge in [0, 0.05) is 39.1 Å². The number of rotatable bonds is 7. The summed E-state index contributed by atoms with van der Waals surface area (Å²) in [6.07, 6.45) is 3.50. The lowest BCUT2D eigenvalue weighted by molar-refractivity contribution is 0.144. The molecular weight excluding hydrogens is 192 g/mol. The Morgan fingerprint density at radius 3 is 2.67 bits per heavy atom. The van der Waals surface area contributed by atoms with Crippen LogP contribution in [-0.4, -0.2) is 48.2 Å². The molecule has 0 atom stereocenters. The summed E-state index contributed by atoms with van der Waals surface area (Å²) in [5.74, 6) is 0.821. The van der Waals surface area contributed by atoms with Crippen LogP contribution in [0.25, 0.3) is 0 Å². The molecule has 5 nitrogen and oxygen atoms in total. The van der Waals surface area contributed by atoms with E-state index >= 15 is 0 Å². The van der Waals surface area contributed by atoms with Gasteiger partial charge in [-0.3, -0.25) is 4.90 Å². The van der Waals surface area contributed by atoms with E-state index in [1.807, 2.05) is 6.07 Å². The second-order valence-electron chi connectivity index (χ2n) is 3.22. The van der Waals surface area contributed by atoms with Gasteiger partial charge in [0.2, 0.25) is 0 Å². The van der Waals surface area contributed by atoms with Crippen LogP contribution in [0, 0.1) is 0 Å². The SMILES string of the molecule is COCCN(CCN)Cc1ncccn1. The highest BCUT2D eigenvalue weighted by Crippen LogP contribution is 1.96. The Morgan fingerprint density at radius 1 is 1.33 bits per heavy atom. The smallest absolute Gasteiger partial charge is 0.142 e. The lowest BCUT2D eigenvalue weighted by Gasteiger charge is -2.19. The van der Waals surface area contributed by atoms with Crippen LogP contribution < -0.4 is 5.73 Å². The predicted molar refractivity (Wildman–Crippen MR) is 58.2 cm³/mol. The van der Waals surface area contributed by atoms with E-state index in [9.17, 15) is 0 Å². The van der Waals surface area contributed by atoms with Gasteiger partial charge in [-0.2, -0.15) is 0 Å². The number of hydrogen-bond donors (Lipinski definition) is 1. The first-order chi connectivity index (χ1) is 7.36. The third-order valence-electron chi connectivity index (χ3n) is 2.04. The van der Waals surface area contributed by atoms with E-state index in [0.29, 0.717) is 13.2 Å². The monoisotopic (exact) mass is 210 g/mol. The molecule has 0 aliphatic rings. The molecule has 0 aliphatic carbocycles. The summed E-state index contributed by atoms with van der Waals surface area (Å²) >= 11 is 0. The molecule has 0 aromatic carbocycles. The Bertz CT molecular complexity index is 255. The molecule has 1 aromatic rings. The van der Waals surface area contributed by atoms with Gasteiger partial charge in [-0.1, -0.05) is 0 Å². The van der Waals surface area contributed by atoms with Crippen LogP contribution in [0.15, 0.2) is 18.5 Å². The quantitative estimate of drug-likeness (QED) is 0.680. The Balaban J connectivity index is 2.43. The van der Waals surface area contributed by atoms with Gasteiger partial charge in [0.1, 0.15) is 5.82 Å². The predicted octanol–water partition coefficient (Wildman–Crippen LogP) is -0.116. The first-order valence-corrected chi connectivity index (χ1v) is 5.04. The van der Waals surface area contributed by atoms with Gasteiger partial charge in [-0.05, 0) is 6.07 Å². The van der Waals surface area contributed by atoms with Crippen LogP contribution in [0.4, 0.5) is 0 Å². The molecule has 0 spiro atoms. The standard InChI is InChI=1S/C10H18N4O/c1-15-8-7-14(6-3-11)9-10-12-4-2-5-13-10/h2,4-5H,3,6-9,11H2,1H3. The van der Waals surface area contributed by atoms with E-state index in [-0.39, 0.29) is 0 Å². The van der Waals surface area contributed by atoms with Crippen molar-refractivity contribution in [3.05, 3.63) is 24.3 Å². The van der Waals surface area contributed by atoms with Crippen molar-refractivity contribution in [2.24, 2.45) is 5.73 Å². The number of nitrogens with two attached hydrogens (primary N) is 1. The van der Waals surface area contributed by atoms with Gasteiger partial charge in [0.05, 0.1) is 13.2 Å². The van der Waals surface area contributed by atoms with Gasteiger partial charge >= 0.3 is 0 Å². The maximum Gasteiger partial charge on any atom is 0.142 e. The molecule has 5 heteroatoms. The highest BCUT2D eigenvalue weighted by Gasteiger charge is 2.05. The minimum atomic E-state index is 0.635. The topological polar surface area (TPSA) is 64.3 Å².